The van der Waals surface area contributed by atoms with Gasteiger partial charge in [0.05, 0.1) is 12.0 Å². The van der Waals surface area contributed by atoms with Crippen LogP contribution in [0.25, 0.3) is 11.0 Å². The van der Waals surface area contributed by atoms with Gasteiger partial charge in [0.1, 0.15) is 10.6 Å². The molecule has 1 aromatic heterocycles. The zero-order valence-corrected chi connectivity index (χ0v) is 11.9. The zero-order valence-electron chi connectivity index (χ0n) is 11.1. The predicted octanol–water partition coefficient (Wildman–Crippen LogP) is 2.87. The Morgan fingerprint density at radius 1 is 1.30 bits per heavy atom. The van der Waals surface area contributed by atoms with Crippen molar-refractivity contribution in [3.8, 4) is 5.75 Å². The van der Waals surface area contributed by atoms with Crippen LogP contribution in [0.3, 0.4) is 0 Å². The zero-order chi connectivity index (χ0) is 13.9. The highest BCUT2D eigenvalue weighted by Crippen LogP contribution is 2.33. The van der Waals surface area contributed by atoms with Crippen LogP contribution >= 0.6 is 12.2 Å². The molecule has 5 heteroatoms. The summed E-state index contributed by atoms with van der Waals surface area (Å²) in [5, 5.41) is 0.919. The normalized spacial score (nSPS) is 16.4. The van der Waals surface area contributed by atoms with Crippen molar-refractivity contribution in [3.05, 3.63) is 30.0 Å². The van der Waals surface area contributed by atoms with Gasteiger partial charge < -0.3 is 19.6 Å². The van der Waals surface area contributed by atoms with Crippen LogP contribution in [0.5, 0.6) is 5.75 Å². The van der Waals surface area contributed by atoms with Gasteiger partial charge in [-0.15, -0.1) is 0 Å². The molecule has 1 aromatic carbocycles. The minimum atomic E-state index is 0.225. The van der Waals surface area contributed by atoms with Crippen molar-refractivity contribution in [2.24, 2.45) is 11.7 Å². The molecule has 1 saturated heterocycles. The SMILES string of the molecule is NC(=S)c1oc2ccccc2c1OCC1CCOCC1. The number of fused-ring (bicyclic) bond motifs is 1. The van der Waals surface area contributed by atoms with Gasteiger partial charge in [-0.3, -0.25) is 0 Å². The Morgan fingerprint density at radius 2 is 2.05 bits per heavy atom. The van der Waals surface area contributed by atoms with Gasteiger partial charge in [0.25, 0.3) is 0 Å². The molecule has 1 aliphatic heterocycles. The van der Waals surface area contributed by atoms with Crippen LogP contribution in [-0.4, -0.2) is 24.8 Å². The van der Waals surface area contributed by atoms with E-state index in [4.69, 9.17) is 31.8 Å². The minimum absolute atomic E-state index is 0.225. The predicted molar refractivity (Wildman–Crippen MR) is 81.1 cm³/mol. The molecule has 0 radical (unpaired) electrons. The smallest absolute Gasteiger partial charge is 0.204 e. The number of para-hydroxylation sites is 1. The van der Waals surface area contributed by atoms with E-state index in [1.165, 1.54) is 0 Å². The number of rotatable bonds is 4. The Bertz CT molecular complexity index is 617. The van der Waals surface area contributed by atoms with Gasteiger partial charge >= 0.3 is 0 Å². The van der Waals surface area contributed by atoms with Gasteiger partial charge in [-0.25, -0.2) is 0 Å². The lowest BCUT2D eigenvalue weighted by atomic mass is 10.0. The monoisotopic (exact) mass is 291 g/mol. The summed E-state index contributed by atoms with van der Waals surface area (Å²) in [7, 11) is 0. The van der Waals surface area contributed by atoms with Crippen molar-refractivity contribution in [3.63, 3.8) is 0 Å². The van der Waals surface area contributed by atoms with E-state index in [9.17, 15) is 0 Å². The van der Waals surface area contributed by atoms with E-state index in [1.54, 1.807) is 0 Å². The van der Waals surface area contributed by atoms with Gasteiger partial charge in [-0.1, -0.05) is 24.4 Å². The van der Waals surface area contributed by atoms with Gasteiger partial charge in [0, 0.05) is 13.2 Å². The molecule has 2 heterocycles. The second-order valence-electron chi connectivity index (χ2n) is 4.99. The van der Waals surface area contributed by atoms with Crippen molar-refractivity contribution >= 4 is 28.2 Å². The third kappa shape index (κ3) is 2.64. The second kappa shape index (κ2) is 5.81. The summed E-state index contributed by atoms with van der Waals surface area (Å²) in [6, 6.07) is 7.71. The molecule has 2 aromatic rings. The van der Waals surface area contributed by atoms with Crippen molar-refractivity contribution in [2.45, 2.75) is 12.8 Å². The summed E-state index contributed by atoms with van der Waals surface area (Å²) < 4.78 is 17.0. The van der Waals surface area contributed by atoms with Gasteiger partial charge in [0.15, 0.2) is 5.75 Å². The number of nitrogens with two attached hydrogens (primary N) is 1. The topological polar surface area (TPSA) is 57.6 Å². The summed E-state index contributed by atoms with van der Waals surface area (Å²) in [6.45, 7) is 2.26. The quantitative estimate of drug-likeness (QED) is 0.878. The van der Waals surface area contributed by atoms with Crippen LogP contribution in [0.1, 0.15) is 18.6 Å². The maximum atomic E-state index is 5.97. The first-order valence-electron chi connectivity index (χ1n) is 6.77. The van der Waals surface area contributed by atoms with E-state index >= 15 is 0 Å². The van der Waals surface area contributed by atoms with Crippen LogP contribution in [0.2, 0.25) is 0 Å². The summed E-state index contributed by atoms with van der Waals surface area (Å²) >= 11 is 5.05. The standard InChI is InChI=1S/C15H17NO3S/c16-15(20)14-13(11-3-1-2-4-12(11)19-14)18-9-10-5-7-17-8-6-10/h1-4,10H,5-9H2,(H2,16,20). The molecule has 20 heavy (non-hydrogen) atoms. The summed E-state index contributed by atoms with van der Waals surface area (Å²) in [6.07, 6.45) is 2.05. The van der Waals surface area contributed by atoms with Gasteiger partial charge in [-0.2, -0.15) is 0 Å². The molecular weight excluding hydrogens is 274 g/mol. The molecule has 0 unspecified atom stereocenters. The van der Waals surface area contributed by atoms with E-state index in [-0.39, 0.29) is 4.99 Å². The summed E-state index contributed by atoms with van der Waals surface area (Å²) in [4.78, 5) is 0.225. The van der Waals surface area contributed by atoms with Crippen LogP contribution in [-0.2, 0) is 4.74 Å². The Morgan fingerprint density at radius 3 is 2.80 bits per heavy atom. The maximum Gasteiger partial charge on any atom is 0.204 e. The first-order chi connectivity index (χ1) is 9.75. The van der Waals surface area contributed by atoms with Crippen molar-refractivity contribution < 1.29 is 13.9 Å². The fourth-order valence-electron chi connectivity index (χ4n) is 2.44. The Balaban J connectivity index is 1.84. The number of hydrogen-bond donors (Lipinski definition) is 1. The fraction of sp³-hybridized carbons (Fsp3) is 0.400. The highest BCUT2D eigenvalue weighted by atomic mass is 32.1. The Hall–Kier alpha value is -1.59. The number of furan rings is 1. The van der Waals surface area contributed by atoms with Crippen LogP contribution in [0.15, 0.2) is 28.7 Å². The van der Waals surface area contributed by atoms with Crippen molar-refractivity contribution in [1.82, 2.24) is 0 Å². The molecular formula is C15H17NO3S. The third-order valence-electron chi connectivity index (χ3n) is 3.58. The number of thiocarbonyl (C=S) groups is 1. The molecule has 1 aliphatic rings. The van der Waals surface area contributed by atoms with E-state index in [1.807, 2.05) is 24.3 Å². The molecule has 4 nitrogen and oxygen atoms in total. The second-order valence-corrected chi connectivity index (χ2v) is 5.43. The molecule has 3 rings (SSSR count). The Kier molecular flexibility index (Phi) is 3.89. The van der Waals surface area contributed by atoms with Gasteiger partial charge in [-0.05, 0) is 30.9 Å². The van der Waals surface area contributed by atoms with Crippen LogP contribution < -0.4 is 10.5 Å². The first kappa shape index (κ1) is 13.4. The van der Waals surface area contributed by atoms with E-state index in [0.29, 0.717) is 24.0 Å². The lowest BCUT2D eigenvalue weighted by Crippen LogP contribution is -2.22. The molecule has 0 saturated carbocycles. The number of benzene rings is 1. The summed E-state index contributed by atoms with van der Waals surface area (Å²) in [5.41, 5.74) is 6.47. The Labute approximate surface area is 122 Å². The molecule has 0 atom stereocenters. The lowest BCUT2D eigenvalue weighted by molar-refractivity contribution is 0.0498. The van der Waals surface area contributed by atoms with Gasteiger partial charge in [0.2, 0.25) is 5.76 Å². The molecule has 0 amide bonds. The average Bonchev–Trinajstić information content (AvgIpc) is 2.85. The van der Waals surface area contributed by atoms with E-state index in [2.05, 4.69) is 0 Å². The number of ether oxygens (including phenoxy) is 2. The third-order valence-corrected chi connectivity index (χ3v) is 3.76. The lowest BCUT2D eigenvalue weighted by Gasteiger charge is -2.22. The largest absolute Gasteiger partial charge is 0.488 e. The molecule has 1 fully saturated rings. The van der Waals surface area contributed by atoms with E-state index < -0.39 is 0 Å². The average molecular weight is 291 g/mol. The number of hydrogen-bond acceptors (Lipinski definition) is 4. The fourth-order valence-corrected chi connectivity index (χ4v) is 2.58. The molecule has 0 aliphatic carbocycles. The van der Waals surface area contributed by atoms with Crippen LogP contribution in [0, 0.1) is 5.92 Å². The van der Waals surface area contributed by atoms with Crippen molar-refractivity contribution in [1.29, 1.82) is 0 Å². The van der Waals surface area contributed by atoms with Crippen molar-refractivity contribution in [2.75, 3.05) is 19.8 Å². The molecule has 2 N–H and O–H groups in total. The molecule has 0 spiro atoms. The van der Waals surface area contributed by atoms with Crippen LogP contribution in [0.4, 0.5) is 0 Å². The highest BCUT2D eigenvalue weighted by Gasteiger charge is 2.20. The highest BCUT2D eigenvalue weighted by molar-refractivity contribution is 7.80. The molecule has 0 bridgehead atoms. The maximum absolute atomic E-state index is 5.97. The first-order valence-corrected chi connectivity index (χ1v) is 7.18. The molecule has 106 valence electrons. The minimum Gasteiger partial charge on any atom is -0.488 e. The van der Waals surface area contributed by atoms with E-state index in [0.717, 1.165) is 37.0 Å². The summed E-state index contributed by atoms with van der Waals surface area (Å²) in [5.74, 6) is 1.64.